The van der Waals surface area contributed by atoms with E-state index in [2.05, 4.69) is 19.9 Å². The Labute approximate surface area is 147 Å². The summed E-state index contributed by atoms with van der Waals surface area (Å²) in [6.07, 6.45) is 4.76. The van der Waals surface area contributed by atoms with Crippen molar-refractivity contribution in [3.05, 3.63) is 36.2 Å². The number of aromatic nitrogens is 2. The van der Waals surface area contributed by atoms with Gasteiger partial charge in [-0.05, 0) is 25.8 Å². The molecule has 0 N–H and O–H groups in total. The molecule has 0 radical (unpaired) electrons. The van der Waals surface area contributed by atoms with Gasteiger partial charge >= 0.3 is 0 Å². The van der Waals surface area contributed by atoms with Crippen molar-refractivity contribution in [3.8, 4) is 11.4 Å². The van der Waals surface area contributed by atoms with Crippen LogP contribution >= 0.6 is 0 Å². The minimum atomic E-state index is 0.330. The van der Waals surface area contributed by atoms with Crippen LogP contribution in [0, 0.1) is 0 Å². The number of likely N-dealkylation sites (tertiary alicyclic amines) is 2. The van der Waals surface area contributed by atoms with Gasteiger partial charge in [-0.3, -0.25) is 4.79 Å². The second kappa shape index (κ2) is 7.35. The van der Waals surface area contributed by atoms with E-state index in [0.29, 0.717) is 23.7 Å². The molecule has 6 nitrogen and oxygen atoms in total. The summed E-state index contributed by atoms with van der Waals surface area (Å²) in [6.45, 7) is 3.88. The quantitative estimate of drug-likeness (QED) is 0.836. The van der Waals surface area contributed by atoms with Crippen LogP contribution in [-0.4, -0.2) is 58.1 Å². The Morgan fingerprint density at radius 3 is 2.84 bits per heavy atom. The van der Waals surface area contributed by atoms with Crippen LogP contribution in [0.3, 0.4) is 0 Å². The van der Waals surface area contributed by atoms with E-state index in [1.165, 1.54) is 0 Å². The minimum absolute atomic E-state index is 0.330. The van der Waals surface area contributed by atoms with Crippen molar-refractivity contribution < 1.29 is 9.32 Å². The van der Waals surface area contributed by atoms with Crippen LogP contribution in [0.15, 0.2) is 34.9 Å². The molecule has 2 fully saturated rings. The number of hydrogen-bond donors (Lipinski definition) is 0. The van der Waals surface area contributed by atoms with Crippen LogP contribution in [0.4, 0.5) is 0 Å². The van der Waals surface area contributed by atoms with Gasteiger partial charge in [-0.25, -0.2) is 0 Å². The monoisotopic (exact) mass is 340 g/mol. The lowest BCUT2D eigenvalue weighted by Gasteiger charge is -2.37. The number of hydrogen-bond acceptors (Lipinski definition) is 5. The molecule has 1 aromatic heterocycles. The van der Waals surface area contributed by atoms with Crippen LogP contribution in [0.25, 0.3) is 11.4 Å². The standard InChI is InChI=1S/C19H24N4O2/c24-18-9-5-12-23(18)16-8-4-11-22(14-16)13-10-17-20-19(21-25-17)15-6-2-1-3-7-15/h1-3,6-7,16H,4-5,8-14H2/t16-/m1/s1. The Hall–Kier alpha value is -2.21. The second-order valence-corrected chi connectivity index (χ2v) is 6.92. The maximum Gasteiger partial charge on any atom is 0.228 e. The van der Waals surface area contributed by atoms with Gasteiger partial charge in [-0.1, -0.05) is 35.5 Å². The van der Waals surface area contributed by atoms with Crippen LogP contribution in [-0.2, 0) is 11.2 Å². The number of piperidine rings is 1. The molecule has 4 rings (SSSR count). The van der Waals surface area contributed by atoms with Gasteiger partial charge in [0.05, 0.1) is 0 Å². The summed E-state index contributed by atoms with van der Waals surface area (Å²) < 4.78 is 5.40. The van der Waals surface area contributed by atoms with Gasteiger partial charge in [0, 0.05) is 44.1 Å². The molecule has 1 amide bonds. The zero-order valence-corrected chi connectivity index (χ0v) is 14.4. The number of amides is 1. The first-order valence-electron chi connectivity index (χ1n) is 9.19. The van der Waals surface area contributed by atoms with Gasteiger partial charge < -0.3 is 14.3 Å². The highest BCUT2D eigenvalue weighted by molar-refractivity contribution is 5.78. The van der Waals surface area contributed by atoms with Crippen molar-refractivity contribution in [1.29, 1.82) is 0 Å². The average molecular weight is 340 g/mol. The fraction of sp³-hybridized carbons (Fsp3) is 0.526. The fourth-order valence-corrected chi connectivity index (χ4v) is 3.86. The van der Waals surface area contributed by atoms with Crippen molar-refractivity contribution in [2.45, 2.75) is 38.1 Å². The van der Waals surface area contributed by atoms with Crippen molar-refractivity contribution in [3.63, 3.8) is 0 Å². The van der Waals surface area contributed by atoms with Gasteiger partial charge in [0.15, 0.2) is 0 Å². The molecular weight excluding hydrogens is 316 g/mol. The zero-order valence-electron chi connectivity index (χ0n) is 14.4. The van der Waals surface area contributed by atoms with Crippen molar-refractivity contribution in [2.75, 3.05) is 26.2 Å². The van der Waals surface area contributed by atoms with Gasteiger partial charge in [-0.2, -0.15) is 4.98 Å². The highest BCUT2D eigenvalue weighted by Gasteiger charge is 2.31. The molecular formula is C19H24N4O2. The van der Waals surface area contributed by atoms with Crippen LogP contribution < -0.4 is 0 Å². The molecule has 1 atom stereocenters. The van der Waals surface area contributed by atoms with Gasteiger partial charge in [-0.15, -0.1) is 0 Å². The summed E-state index contributed by atoms with van der Waals surface area (Å²) in [4.78, 5) is 21.0. The lowest BCUT2D eigenvalue weighted by Crippen LogP contribution is -2.48. The van der Waals surface area contributed by atoms with Crippen LogP contribution in [0.2, 0.25) is 0 Å². The summed E-state index contributed by atoms with van der Waals surface area (Å²) in [5.41, 5.74) is 0.975. The highest BCUT2D eigenvalue weighted by atomic mass is 16.5. The van der Waals surface area contributed by atoms with Crippen LogP contribution in [0.1, 0.15) is 31.6 Å². The maximum absolute atomic E-state index is 12.0. The van der Waals surface area contributed by atoms with Gasteiger partial charge in [0.2, 0.25) is 17.6 Å². The molecule has 2 aromatic rings. The largest absolute Gasteiger partial charge is 0.339 e. The van der Waals surface area contributed by atoms with Crippen molar-refractivity contribution in [1.82, 2.24) is 19.9 Å². The SMILES string of the molecule is O=C1CCCN1[C@@H]1CCCN(CCc2nc(-c3ccccc3)no2)C1. The molecule has 3 heterocycles. The van der Waals surface area contributed by atoms with Crippen molar-refractivity contribution >= 4 is 5.91 Å². The predicted octanol–water partition coefficient (Wildman–Crippen LogP) is 2.37. The summed E-state index contributed by atoms with van der Waals surface area (Å²) in [5, 5.41) is 4.08. The van der Waals surface area contributed by atoms with Crippen molar-refractivity contribution in [2.24, 2.45) is 0 Å². The first kappa shape index (κ1) is 16.3. The Morgan fingerprint density at radius 1 is 1.16 bits per heavy atom. The predicted molar refractivity (Wildman–Crippen MR) is 93.8 cm³/mol. The topological polar surface area (TPSA) is 62.5 Å². The Bertz CT molecular complexity index is 715. The fourth-order valence-electron chi connectivity index (χ4n) is 3.86. The summed E-state index contributed by atoms with van der Waals surface area (Å²) in [6, 6.07) is 10.3. The van der Waals surface area contributed by atoms with E-state index < -0.39 is 0 Å². The second-order valence-electron chi connectivity index (χ2n) is 6.92. The molecule has 1 aromatic carbocycles. The first-order chi connectivity index (χ1) is 12.3. The zero-order chi connectivity index (χ0) is 17.1. The summed E-state index contributed by atoms with van der Waals surface area (Å²) in [7, 11) is 0. The molecule has 0 unspecified atom stereocenters. The Balaban J connectivity index is 1.32. The number of benzene rings is 1. The van der Waals surface area contributed by atoms with E-state index in [4.69, 9.17) is 4.52 Å². The van der Waals surface area contributed by atoms with Gasteiger partial charge in [0.25, 0.3) is 0 Å². The molecule has 2 aliphatic heterocycles. The molecule has 0 bridgehead atoms. The molecule has 25 heavy (non-hydrogen) atoms. The molecule has 2 aliphatic rings. The third-order valence-corrected chi connectivity index (χ3v) is 5.17. The van der Waals surface area contributed by atoms with Crippen LogP contribution in [0.5, 0.6) is 0 Å². The average Bonchev–Trinajstić information content (AvgIpc) is 3.30. The Kier molecular flexibility index (Phi) is 4.78. The third kappa shape index (κ3) is 3.74. The van der Waals surface area contributed by atoms with E-state index in [0.717, 1.165) is 63.8 Å². The normalized spacial score (nSPS) is 21.8. The number of rotatable bonds is 5. The van der Waals surface area contributed by atoms with E-state index in [9.17, 15) is 4.79 Å². The lowest BCUT2D eigenvalue weighted by molar-refractivity contribution is -0.130. The molecule has 132 valence electrons. The smallest absolute Gasteiger partial charge is 0.228 e. The molecule has 0 saturated carbocycles. The number of carbonyl (C=O) groups is 1. The van der Waals surface area contributed by atoms with Gasteiger partial charge in [0.1, 0.15) is 0 Å². The molecule has 2 saturated heterocycles. The summed E-state index contributed by atoms with van der Waals surface area (Å²) >= 11 is 0. The minimum Gasteiger partial charge on any atom is -0.339 e. The van der Waals surface area contributed by atoms with E-state index >= 15 is 0 Å². The maximum atomic E-state index is 12.0. The Morgan fingerprint density at radius 2 is 2.04 bits per heavy atom. The summed E-state index contributed by atoms with van der Waals surface area (Å²) in [5.74, 6) is 1.66. The van der Waals surface area contributed by atoms with E-state index in [1.54, 1.807) is 0 Å². The molecule has 0 spiro atoms. The number of carbonyl (C=O) groups excluding carboxylic acids is 1. The van der Waals surface area contributed by atoms with E-state index in [-0.39, 0.29) is 0 Å². The first-order valence-corrected chi connectivity index (χ1v) is 9.19. The molecule has 0 aliphatic carbocycles. The number of nitrogens with zero attached hydrogens (tertiary/aromatic N) is 4. The highest BCUT2D eigenvalue weighted by Crippen LogP contribution is 2.22. The third-order valence-electron chi connectivity index (χ3n) is 5.17. The lowest BCUT2D eigenvalue weighted by atomic mass is 10.0. The van der Waals surface area contributed by atoms with E-state index in [1.807, 2.05) is 30.3 Å². The molecule has 6 heteroatoms.